The van der Waals surface area contributed by atoms with Gasteiger partial charge in [-0.3, -0.25) is 0 Å². The molecule has 3 atom stereocenters. The van der Waals surface area contributed by atoms with Gasteiger partial charge in [-0.05, 0) is 45.8 Å². The normalized spacial score (nSPS) is 26.7. The zero-order valence-electron chi connectivity index (χ0n) is 15.0. The van der Waals surface area contributed by atoms with Crippen molar-refractivity contribution < 1.29 is 5.11 Å². The summed E-state index contributed by atoms with van der Waals surface area (Å²) in [5.41, 5.74) is -0.0968. The van der Waals surface area contributed by atoms with Crippen molar-refractivity contribution in [2.75, 3.05) is 40.3 Å². The Morgan fingerprint density at radius 1 is 1.33 bits per heavy atom. The molecule has 1 aliphatic rings. The Morgan fingerprint density at radius 3 is 2.43 bits per heavy atom. The van der Waals surface area contributed by atoms with Gasteiger partial charge in [-0.15, -0.1) is 0 Å². The fraction of sp³-hybridized carbons (Fsp3) is 1.00. The summed E-state index contributed by atoms with van der Waals surface area (Å²) in [6.45, 7) is 12.6. The molecule has 1 saturated heterocycles. The zero-order valence-corrected chi connectivity index (χ0v) is 15.0. The molecule has 4 nitrogen and oxygen atoms in total. The van der Waals surface area contributed by atoms with Gasteiger partial charge in [-0.1, -0.05) is 27.7 Å². The molecule has 21 heavy (non-hydrogen) atoms. The number of aliphatic hydroxyl groups is 1. The molecule has 0 aliphatic carbocycles. The number of hydrogen-bond donors (Lipinski definition) is 2. The molecule has 4 heteroatoms. The minimum atomic E-state index is -0.0968. The maximum absolute atomic E-state index is 9.79. The Balaban J connectivity index is 2.41. The molecule has 0 aromatic carbocycles. The van der Waals surface area contributed by atoms with Crippen molar-refractivity contribution in [3.8, 4) is 0 Å². The van der Waals surface area contributed by atoms with Gasteiger partial charge in [0.15, 0.2) is 0 Å². The first kappa shape index (κ1) is 18.9. The third kappa shape index (κ3) is 5.51. The van der Waals surface area contributed by atoms with Gasteiger partial charge in [0.1, 0.15) is 0 Å². The molecular weight excluding hydrogens is 262 g/mol. The van der Waals surface area contributed by atoms with Gasteiger partial charge >= 0.3 is 0 Å². The van der Waals surface area contributed by atoms with Crippen molar-refractivity contribution in [2.24, 2.45) is 5.92 Å². The van der Waals surface area contributed by atoms with E-state index in [1.54, 1.807) is 0 Å². The Morgan fingerprint density at radius 2 is 2.00 bits per heavy atom. The highest BCUT2D eigenvalue weighted by Gasteiger charge is 2.32. The lowest BCUT2D eigenvalue weighted by molar-refractivity contribution is 0.131. The van der Waals surface area contributed by atoms with Crippen LogP contribution in [-0.2, 0) is 0 Å². The summed E-state index contributed by atoms with van der Waals surface area (Å²) in [5.74, 6) is 0.752. The van der Waals surface area contributed by atoms with Crippen LogP contribution in [0.3, 0.4) is 0 Å². The summed E-state index contributed by atoms with van der Waals surface area (Å²) in [4.78, 5) is 4.94. The zero-order chi connectivity index (χ0) is 16.0. The second-order valence-electron chi connectivity index (χ2n) is 7.46. The third-order valence-electron chi connectivity index (χ3n) is 5.02. The highest BCUT2D eigenvalue weighted by molar-refractivity contribution is 4.90. The van der Waals surface area contributed by atoms with Crippen molar-refractivity contribution >= 4 is 0 Å². The summed E-state index contributed by atoms with van der Waals surface area (Å²) in [6, 6.07) is 1.11. The van der Waals surface area contributed by atoms with E-state index in [0.717, 1.165) is 31.7 Å². The van der Waals surface area contributed by atoms with E-state index >= 15 is 0 Å². The van der Waals surface area contributed by atoms with Crippen LogP contribution in [0, 0.1) is 5.92 Å². The van der Waals surface area contributed by atoms with E-state index in [2.05, 4.69) is 56.9 Å². The van der Waals surface area contributed by atoms with Crippen LogP contribution in [0.5, 0.6) is 0 Å². The van der Waals surface area contributed by atoms with Crippen LogP contribution in [0.25, 0.3) is 0 Å². The second kappa shape index (κ2) is 8.47. The molecule has 0 aromatic heterocycles. The van der Waals surface area contributed by atoms with Gasteiger partial charge in [0.05, 0.1) is 6.61 Å². The van der Waals surface area contributed by atoms with Crippen LogP contribution < -0.4 is 5.32 Å². The number of aliphatic hydroxyl groups excluding tert-OH is 1. The van der Waals surface area contributed by atoms with Crippen molar-refractivity contribution in [3.63, 3.8) is 0 Å². The molecule has 0 radical (unpaired) electrons. The molecule has 1 fully saturated rings. The van der Waals surface area contributed by atoms with Crippen LogP contribution in [0.2, 0.25) is 0 Å². The lowest BCUT2D eigenvalue weighted by Gasteiger charge is -2.35. The van der Waals surface area contributed by atoms with Crippen molar-refractivity contribution in [3.05, 3.63) is 0 Å². The van der Waals surface area contributed by atoms with E-state index < -0.39 is 0 Å². The smallest absolute Gasteiger partial charge is 0.0613 e. The molecule has 0 spiro atoms. The summed E-state index contributed by atoms with van der Waals surface area (Å²) in [7, 11) is 4.37. The maximum atomic E-state index is 9.79. The van der Waals surface area contributed by atoms with Gasteiger partial charge in [0.2, 0.25) is 0 Å². The van der Waals surface area contributed by atoms with Gasteiger partial charge in [0.25, 0.3) is 0 Å². The lowest BCUT2D eigenvalue weighted by atomic mass is 9.90. The Bertz CT molecular complexity index is 290. The fourth-order valence-corrected chi connectivity index (χ4v) is 3.74. The number of likely N-dealkylation sites (N-methyl/N-ethyl adjacent to an activating group) is 1. The monoisotopic (exact) mass is 299 g/mol. The van der Waals surface area contributed by atoms with Crippen molar-refractivity contribution in [2.45, 2.75) is 64.6 Å². The van der Waals surface area contributed by atoms with E-state index in [4.69, 9.17) is 0 Å². The summed E-state index contributed by atoms with van der Waals surface area (Å²) in [6.07, 6.45) is 3.19. The minimum absolute atomic E-state index is 0.0968. The van der Waals surface area contributed by atoms with Crippen LogP contribution in [-0.4, -0.2) is 72.9 Å². The Kier molecular flexibility index (Phi) is 7.62. The number of nitrogens with zero attached hydrogens (tertiary/aromatic N) is 2. The molecular formula is C17H37N3O. The predicted molar refractivity (Wildman–Crippen MR) is 90.7 cm³/mol. The SMILES string of the molecule is CCC(CO)(CCCN1CC(C)C(N(C)C)C1)NC(C)C. The standard InChI is InChI=1S/C17H37N3O/c1-7-17(13-21,18-14(2)3)9-8-10-20-11-15(4)16(12-20)19(5)6/h14-16,18,21H,7-13H2,1-6H3. The van der Waals surface area contributed by atoms with E-state index in [-0.39, 0.29) is 12.1 Å². The van der Waals surface area contributed by atoms with Gasteiger partial charge in [0, 0.05) is 30.7 Å². The summed E-state index contributed by atoms with van der Waals surface area (Å²) in [5, 5.41) is 13.4. The molecule has 0 aromatic rings. The van der Waals surface area contributed by atoms with E-state index in [0.29, 0.717) is 12.1 Å². The van der Waals surface area contributed by atoms with Crippen LogP contribution >= 0.6 is 0 Å². The van der Waals surface area contributed by atoms with Crippen LogP contribution in [0.15, 0.2) is 0 Å². The van der Waals surface area contributed by atoms with Crippen molar-refractivity contribution in [1.29, 1.82) is 0 Å². The molecule has 126 valence electrons. The van der Waals surface area contributed by atoms with Gasteiger partial charge in [-0.25, -0.2) is 0 Å². The Labute approximate surface area is 131 Å². The summed E-state index contributed by atoms with van der Waals surface area (Å²) >= 11 is 0. The Hall–Kier alpha value is -0.160. The topological polar surface area (TPSA) is 38.7 Å². The lowest BCUT2D eigenvalue weighted by Crippen LogP contribution is -2.51. The van der Waals surface area contributed by atoms with Crippen LogP contribution in [0.4, 0.5) is 0 Å². The maximum Gasteiger partial charge on any atom is 0.0613 e. The fourth-order valence-electron chi connectivity index (χ4n) is 3.74. The number of nitrogens with one attached hydrogen (secondary N) is 1. The van der Waals surface area contributed by atoms with Crippen molar-refractivity contribution in [1.82, 2.24) is 15.1 Å². The predicted octanol–water partition coefficient (Wildman–Crippen LogP) is 1.79. The molecule has 3 unspecified atom stereocenters. The first-order valence-corrected chi connectivity index (χ1v) is 8.61. The molecule has 1 aliphatic heterocycles. The molecule has 0 saturated carbocycles. The first-order chi connectivity index (χ1) is 9.83. The highest BCUT2D eigenvalue weighted by Crippen LogP contribution is 2.22. The molecule has 0 bridgehead atoms. The molecule has 0 amide bonds. The van der Waals surface area contributed by atoms with Gasteiger partial charge < -0.3 is 20.2 Å². The molecule has 1 heterocycles. The number of rotatable bonds is 9. The first-order valence-electron chi connectivity index (χ1n) is 8.61. The number of likely N-dealkylation sites (tertiary alicyclic amines) is 1. The number of hydrogen-bond acceptors (Lipinski definition) is 4. The average molecular weight is 300 g/mol. The van der Waals surface area contributed by atoms with E-state index in [1.165, 1.54) is 13.1 Å². The quantitative estimate of drug-likeness (QED) is 0.681. The molecule has 1 rings (SSSR count). The van der Waals surface area contributed by atoms with E-state index in [9.17, 15) is 5.11 Å². The summed E-state index contributed by atoms with van der Waals surface area (Å²) < 4.78 is 0. The highest BCUT2D eigenvalue weighted by atomic mass is 16.3. The average Bonchev–Trinajstić information content (AvgIpc) is 2.78. The second-order valence-corrected chi connectivity index (χ2v) is 7.46. The minimum Gasteiger partial charge on any atom is -0.394 e. The largest absolute Gasteiger partial charge is 0.394 e. The van der Waals surface area contributed by atoms with Gasteiger partial charge in [-0.2, -0.15) is 0 Å². The third-order valence-corrected chi connectivity index (χ3v) is 5.02. The van der Waals surface area contributed by atoms with Crippen LogP contribution in [0.1, 0.15) is 47.0 Å². The molecule has 2 N–H and O–H groups in total. The van der Waals surface area contributed by atoms with E-state index in [1.807, 2.05) is 0 Å².